The molecule has 1 amide bonds. The van der Waals surface area contributed by atoms with E-state index in [9.17, 15) is 23.1 Å². The zero-order valence-corrected chi connectivity index (χ0v) is 17.6. The minimum Gasteiger partial charge on any atom is -0.393 e. The summed E-state index contributed by atoms with van der Waals surface area (Å²) in [5.74, 6) is -0.879. The minimum absolute atomic E-state index is 0.0871. The van der Waals surface area contributed by atoms with Crippen molar-refractivity contribution >= 4 is 16.8 Å². The molecule has 0 radical (unpaired) electrons. The molecule has 3 fully saturated rings. The Balaban J connectivity index is 0.000000139. The van der Waals surface area contributed by atoms with E-state index in [2.05, 4.69) is 4.98 Å². The molecule has 2 heterocycles. The summed E-state index contributed by atoms with van der Waals surface area (Å²) >= 11 is 0. The average Bonchev–Trinajstić information content (AvgIpc) is 3.07. The van der Waals surface area contributed by atoms with E-state index >= 15 is 0 Å². The first-order chi connectivity index (χ1) is 15.3. The van der Waals surface area contributed by atoms with E-state index in [1.807, 2.05) is 4.90 Å². The predicted molar refractivity (Wildman–Crippen MR) is 115 cm³/mol. The summed E-state index contributed by atoms with van der Waals surface area (Å²) in [6.07, 6.45) is 5.18. The molecule has 6 rings (SSSR count). The number of H-pyrrole nitrogens is 1. The van der Waals surface area contributed by atoms with E-state index in [-0.39, 0.29) is 17.4 Å². The topological polar surface area (TPSA) is 56.3 Å². The Morgan fingerprint density at radius 2 is 1.69 bits per heavy atom. The van der Waals surface area contributed by atoms with Gasteiger partial charge in [-0.1, -0.05) is 6.42 Å². The highest BCUT2D eigenvalue weighted by molar-refractivity contribution is 5.86. The van der Waals surface area contributed by atoms with Crippen LogP contribution in [0.4, 0.5) is 13.2 Å². The third-order valence-corrected chi connectivity index (χ3v) is 6.96. The summed E-state index contributed by atoms with van der Waals surface area (Å²) in [6.45, 7) is 1.83. The van der Waals surface area contributed by atoms with E-state index in [0.717, 1.165) is 44.8 Å². The van der Waals surface area contributed by atoms with E-state index < -0.39 is 11.6 Å². The van der Waals surface area contributed by atoms with Crippen molar-refractivity contribution in [2.24, 2.45) is 11.3 Å². The highest BCUT2D eigenvalue weighted by atomic mass is 19.1. The van der Waals surface area contributed by atoms with Crippen molar-refractivity contribution in [3.05, 3.63) is 59.9 Å². The fourth-order valence-corrected chi connectivity index (χ4v) is 4.98. The molecule has 0 atom stereocenters. The molecule has 2 aliphatic carbocycles. The SMILES string of the molecule is Fc1ccc(-c2cc3cc(F)cc(F)c3[nH]2)cc1.O=C(C1CCC1)N1CC2(CC(O)C2)C1. The standard InChI is InChI=1S/C14H8F3N.C11H17NO2/c15-10-3-1-8(2-4-10)13-6-9-5-11(16)7-12(17)14(9)18-13;13-9-4-11(5-9)6-12(7-11)10(14)8-2-1-3-8/h1-7,18H;8-9,13H,1-7H2. The molecule has 2 N–H and O–H groups in total. The van der Waals surface area contributed by atoms with Crippen LogP contribution in [0.3, 0.4) is 0 Å². The van der Waals surface area contributed by atoms with Crippen molar-refractivity contribution < 1.29 is 23.1 Å². The van der Waals surface area contributed by atoms with Gasteiger partial charge in [0.25, 0.3) is 0 Å². The highest BCUT2D eigenvalue weighted by Gasteiger charge is 2.54. The van der Waals surface area contributed by atoms with Crippen molar-refractivity contribution in [2.45, 2.75) is 38.2 Å². The summed E-state index contributed by atoms with van der Waals surface area (Å²) in [5.41, 5.74) is 1.91. The molecule has 32 heavy (non-hydrogen) atoms. The maximum Gasteiger partial charge on any atom is 0.225 e. The van der Waals surface area contributed by atoms with E-state index in [4.69, 9.17) is 0 Å². The number of carbonyl (C=O) groups is 1. The summed E-state index contributed by atoms with van der Waals surface area (Å²) in [4.78, 5) is 16.6. The van der Waals surface area contributed by atoms with Gasteiger partial charge in [0.15, 0.2) is 0 Å². The molecular formula is C25H25F3N2O2. The molecule has 3 aliphatic rings. The number of benzene rings is 2. The molecule has 0 unspecified atom stereocenters. The Bertz CT molecular complexity index is 1140. The molecule has 4 nitrogen and oxygen atoms in total. The third kappa shape index (κ3) is 3.90. The molecule has 2 aromatic carbocycles. The second kappa shape index (κ2) is 7.96. The summed E-state index contributed by atoms with van der Waals surface area (Å²) in [7, 11) is 0. The number of nitrogens with zero attached hydrogens (tertiary/aromatic N) is 1. The van der Waals surface area contributed by atoms with Crippen LogP contribution in [0.2, 0.25) is 0 Å². The number of aromatic amines is 1. The zero-order valence-electron chi connectivity index (χ0n) is 17.6. The summed E-state index contributed by atoms with van der Waals surface area (Å²) in [5, 5.41) is 9.69. The number of amides is 1. The van der Waals surface area contributed by atoms with Gasteiger partial charge in [-0.3, -0.25) is 4.79 Å². The molecule has 1 aliphatic heterocycles. The number of carbonyl (C=O) groups excluding carboxylic acids is 1. The Labute approximate surface area is 184 Å². The number of likely N-dealkylation sites (tertiary alicyclic amines) is 1. The third-order valence-electron chi connectivity index (χ3n) is 6.96. The van der Waals surface area contributed by atoms with Crippen LogP contribution in [-0.2, 0) is 4.79 Å². The van der Waals surface area contributed by atoms with Crippen LogP contribution < -0.4 is 0 Å². The Hall–Kier alpha value is -2.80. The largest absolute Gasteiger partial charge is 0.393 e. The lowest BCUT2D eigenvalue weighted by molar-refractivity contribution is -0.169. The molecule has 1 aromatic heterocycles. The fourth-order valence-electron chi connectivity index (χ4n) is 4.98. The highest BCUT2D eigenvalue weighted by Crippen LogP contribution is 2.49. The van der Waals surface area contributed by atoms with Gasteiger partial charge in [0.05, 0.1) is 11.6 Å². The number of hydrogen-bond acceptors (Lipinski definition) is 2. The van der Waals surface area contributed by atoms with Crippen LogP contribution >= 0.6 is 0 Å². The van der Waals surface area contributed by atoms with Crippen LogP contribution in [0.15, 0.2) is 42.5 Å². The maximum atomic E-state index is 13.5. The second-order valence-corrected chi connectivity index (χ2v) is 9.43. The quantitative estimate of drug-likeness (QED) is 0.586. The molecule has 1 spiro atoms. The van der Waals surface area contributed by atoms with Gasteiger partial charge in [-0.05, 0) is 67.6 Å². The van der Waals surface area contributed by atoms with Crippen LogP contribution in [0.1, 0.15) is 32.1 Å². The Kier molecular flexibility index (Phi) is 5.24. The summed E-state index contributed by atoms with van der Waals surface area (Å²) in [6, 6.07) is 9.50. The summed E-state index contributed by atoms with van der Waals surface area (Å²) < 4.78 is 39.4. The van der Waals surface area contributed by atoms with Crippen LogP contribution in [-0.4, -0.2) is 40.1 Å². The lowest BCUT2D eigenvalue weighted by Crippen LogP contribution is -2.66. The first-order valence-electron chi connectivity index (χ1n) is 11.0. The van der Waals surface area contributed by atoms with Crippen LogP contribution in [0.5, 0.6) is 0 Å². The van der Waals surface area contributed by atoms with Crippen molar-refractivity contribution in [3.63, 3.8) is 0 Å². The number of nitrogens with one attached hydrogen (secondary N) is 1. The van der Waals surface area contributed by atoms with Gasteiger partial charge in [-0.15, -0.1) is 0 Å². The average molecular weight is 442 g/mol. The van der Waals surface area contributed by atoms with Gasteiger partial charge >= 0.3 is 0 Å². The number of rotatable bonds is 2. The lowest BCUT2D eigenvalue weighted by Gasteiger charge is -2.58. The zero-order chi connectivity index (χ0) is 22.5. The number of hydrogen-bond donors (Lipinski definition) is 2. The van der Waals surface area contributed by atoms with Crippen LogP contribution in [0, 0.1) is 28.8 Å². The van der Waals surface area contributed by atoms with Gasteiger partial charge in [-0.25, -0.2) is 13.2 Å². The normalized spacial score (nSPS) is 19.7. The van der Waals surface area contributed by atoms with Gasteiger partial charge in [0, 0.05) is 41.6 Å². The molecule has 0 bridgehead atoms. The fraction of sp³-hybridized carbons (Fsp3) is 0.400. The van der Waals surface area contributed by atoms with E-state index in [1.54, 1.807) is 18.2 Å². The van der Waals surface area contributed by atoms with Crippen molar-refractivity contribution in [2.75, 3.05) is 13.1 Å². The molecule has 3 aromatic rings. The van der Waals surface area contributed by atoms with Crippen molar-refractivity contribution in [1.82, 2.24) is 9.88 Å². The smallest absolute Gasteiger partial charge is 0.225 e. The van der Waals surface area contributed by atoms with E-state index in [0.29, 0.717) is 33.9 Å². The Morgan fingerprint density at radius 3 is 2.28 bits per heavy atom. The van der Waals surface area contributed by atoms with Crippen LogP contribution in [0.25, 0.3) is 22.2 Å². The number of aromatic nitrogens is 1. The number of halogens is 3. The monoisotopic (exact) mass is 442 g/mol. The van der Waals surface area contributed by atoms with Gasteiger partial charge < -0.3 is 15.0 Å². The van der Waals surface area contributed by atoms with Gasteiger partial charge in [0.2, 0.25) is 5.91 Å². The van der Waals surface area contributed by atoms with Crippen molar-refractivity contribution in [3.8, 4) is 11.3 Å². The number of aliphatic hydroxyl groups excluding tert-OH is 1. The first-order valence-corrected chi connectivity index (χ1v) is 11.0. The molecule has 7 heteroatoms. The number of aliphatic hydroxyl groups is 1. The van der Waals surface area contributed by atoms with E-state index in [1.165, 1.54) is 24.6 Å². The number of fused-ring (bicyclic) bond motifs is 1. The van der Waals surface area contributed by atoms with Crippen molar-refractivity contribution in [1.29, 1.82) is 0 Å². The predicted octanol–water partition coefficient (Wildman–Crippen LogP) is 5.02. The molecular weight excluding hydrogens is 417 g/mol. The van der Waals surface area contributed by atoms with Gasteiger partial charge in [0.1, 0.15) is 17.5 Å². The molecule has 2 saturated carbocycles. The molecule has 1 saturated heterocycles. The molecule has 168 valence electrons. The first kappa shape index (κ1) is 21.1. The van der Waals surface area contributed by atoms with Gasteiger partial charge in [-0.2, -0.15) is 0 Å². The maximum absolute atomic E-state index is 13.5. The minimum atomic E-state index is -0.640. The lowest BCUT2D eigenvalue weighted by atomic mass is 9.61. The second-order valence-electron chi connectivity index (χ2n) is 9.43. The Morgan fingerprint density at radius 1 is 1.00 bits per heavy atom.